The minimum atomic E-state index is -1.23. The van der Waals surface area contributed by atoms with E-state index in [9.17, 15) is 53.7 Å². The summed E-state index contributed by atoms with van der Waals surface area (Å²) in [5, 5.41) is 76.7. The molecule has 22 heteroatoms. The molecule has 2 amide bonds. The molecular weight excluding hydrogens is 945 g/mol. The van der Waals surface area contributed by atoms with Crippen LogP contribution in [0.1, 0.15) is 99.4 Å². The van der Waals surface area contributed by atoms with Gasteiger partial charge in [-0.3, -0.25) is 19.2 Å². The van der Waals surface area contributed by atoms with Gasteiger partial charge < -0.3 is 72.4 Å². The van der Waals surface area contributed by atoms with Crippen LogP contribution in [0.15, 0.2) is 84.9 Å². The highest BCUT2D eigenvalue weighted by Crippen LogP contribution is 2.19. The summed E-state index contributed by atoms with van der Waals surface area (Å²) in [6.45, 7) is 10.1. The molecule has 0 heterocycles. The number of hydrogen-bond donors (Lipinski definition) is 12. The van der Waals surface area contributed by atoms with Crippen LogP contribution >= 0.6 is 0 Å². The van der Waals surface area contributed by atoms with E-state index in [-0.39, 0.29) is 74.7 Å². The van der Waals surface area contributed by atoms with E-state index in [0.29, 0.717) is 29.3 Å². The number of ether oxygens (including phenoxy) is 2. The van der Waals surface area contributed by atoms with Crippen molar-refractivity contribution >= 4 is 48.6 Å². The molecule has 4 aromatic carbocycles. The third kappa shape index (κ3) is 27.1. The van der Waals surface area contributed by atoms with E-state index < -0.39 is 71.4 Å². The van der Waals surface area contributed by atoms with Gasteiger partial charge in [0, 0.05) is 12.8 Å². The Bertz CT molecular complexity index is 2400. The highest BCUT2D eigenvalue weighted by molar-refractivity contribution is 5.82. The maximum atomic E-state index is 11.6. The maximum Gasteiger partial charge on any atom is 0.408 e. The largest absolute Gasteiger partial charge is 0.508 e. The molecule has 0 bridgehead atoms. The predicted molar refractivity (Wildman–Crippen MR) is 264 cm³/mol. The zero-order valence-electron chi connectivity index (χ0n) is 39.2. The second-order valence-corrected chi connectivity index (χ2v) is 17.1. The summed E-state index contributed by atoms with van der Waals surface area (Å²) >= 11 is 0. The lowest BCUT2D eigenvalue weighted by Crippen LogP contribution is -2.44. The number of phenols is 4. The van der Waals surface area contributed by atoms with Gasteiger partial charge in [0.25, 0.3) is 0 Å². The number of carboxylic acid groups (broad SMARTS) is 4. The normalized spacial score (nSPS) is 12.0. The lowest BCUT2D eigenvalue weighted by Gasteiger charge is -2.22. The summed E-state index contributed by atoms with van der Waals surface area (Å²) in [5.74, 6) is -4.56. The molecule has 72 heavy (non-hydrogen) atoms. The number of aromatic hydroxyl groups is 4. The molecule has 0 radical (unpaired) electrons. The van der Waals surface area contributed by atoms with Crippen LogP contribution in [0.4, 0.5) is 9.59 Å². The number of aldehydes is 2. The fourth-order valence-electron chi connectivity index (χ4n) is 5.37. The summed E-state index contributed by atoms with van der Waals surface area (Å²) in [6.07, 6.45) is -0.185. The summed E-state index contributed by atoms with van der Waals surface area (Å²) in [7, 11) is 0. The average molecular weight is 1010 g/mol. The molecule has 0 unspecified atom stereocenters. The number of rotatable bonds is 16. The Morgan fingerprint density at radius 2 is 0.764 bits per heavy atom. The molecule has 22 nitrogen and oxygen atoms in total. The number of amides is 2. The molecule has 0 aliphatic heterocycles. The van der Waals surface area contributed by atoms with E-state index in [1.54, 1.807) is 65.8 Å². The first-order chi connectivity index (χ1) is 32.4. The van der Waals surface area contributed by atoms with E-state index in [0.717, 1.165) is 5.56 Å². The van der Waals surface area contributed by atoms with Crippen molar-refractivity contribution in [2.24, 2.45) is 11.5 Å². The molecule has 0 saturated heterocycles. The Kier molecular flexibility index (Phi) is 28.4. The van der Waals surface area contributed by atoms with Crippen molar-refractivity contribution in [3.8, 4) is 23.0 Å². The molecule has 0 aliphatic rings. The van der Waals surface area contributed by atoms with Gasteiger partial charge in [-0.25, -0.2) is 19.2 Å². The molecular formula is C50H68N4O18. The third-order valence-electron chi connectivity index (χ3n) is 8.71. The van der Waals surface area contributed by atoms with Crippen molar-refractivity contribution in [1.29, 1.82) is 0 Å². The molecule has 4 rings (SSSR count). The lowest BCUT2D eigenvalue weighted by molar-refractivity contribution is -0.140. The van der Waals surface area contributed by atoms with Gasteiger partial charge in [-0.2, -0.15) is 0 Å². The first-order valence-electron chi connectivity index (χ1n) is 20.9. The van der Waals surface area contributed by atoms with Crippen LogP contribution in [0.3, 0.4) is 0 Å². The van der Waals surface area contributed by atoms with Crippen molar-refractivity contribution in [2.75, 3.05) is 0 Å². The number of benzene rings is 4. The third-order valence-corrected chi connectivity index (χ3v) is 8.71. The fraction of sp³-hybridized carbons (Fsp3) is 0.360. The van der Waals surface area contributed by atoms with Gasteiger partial charge in [-0.05, 0) is 125 Å². The second kappa shape index (κ2) is 31.1. The highest BCUT2D eigenvalue weighted by Gasteiger charge is 2.26. The lowest BCUT2D eigenvalue weighted by atomic mass is 10.0. The molecule has 396 valence electrons. The van der Waals surface area contributed by atoms with Gasteiger partial charge in [0.15, 0.2) is 12.6 Å². The number of nitrogens with two attached hydrogens (primary N) is 2. The minimum absolute atomic E-state index is 0. The van der Waals surface area contributed by atoms with Crippen molar-refractivity contribution in [1.82, 2.24) is 10.6 Å². The molecule has 0 spiro atoms. The number of carbonyl (C=O) groups excluding carboxylic acids is 4. The van der Waals surface area contributed by atoms with Crippen LogP contribution in [0.25, 0.3) is 0 Å². The van der Waals surface area contributed by atoms with Crippen molar-refractivity contribution in [2.45, 2.75) is 117 Å². The summed E-state index contributed by atoms with van der Waals surface area (Å²) < 4.78 is 10.0. The van der Waals surface area contributed by atoms with Crippen LogP contribution in [0.5, 0.6) is 23.0 Å². The monoisotopic (exact) mass is 1010 g/mol. The summed E-state index contributed by atoms with van der Waals surface area (Å²) in [4.78, 5) is 87.8. The van der Waals surface area contributed by atoms with E-state index in [1.165, 1.54) is 60.7 Å². The number of alkyl carbamates (subject to hydrolysis) is 2. The minimum Gasteiger partial charge on any atom is -0.508 e. The van der Waals surface area contributed by atoms with E-state index >= 15 is 0 Å². The predicted octanol–water partition coefficient (Wildman–Crippen LogP) is 5.42. The van der Waals surface area contributed by atoms with Crippen LogP contribution in [-0.4, -0.2) is 125 Å². The number of phenolic OH excluding ortho intramolecular Hbond substituents is 4. The quantitative estimate of drug-likeness (QED) is 0.0624. The van der Waals surface area contributed by atoms with Crippen LogP contribution in [-0.2, 0) is 54.3 Å². The van der Waals surface area contributed by atoms with Crippen molar-refractivity contribution < 1.29 is 88.7 Å². The number of carboxylic acids is 4. The SMILES string of the molecule is C.C.CC(C)(C)OC(=O)N[C@@H](Cc1ccc(O)c(C=O)c1)C(=O)O.CC(C)(C)OC(=O)N[C@@H](Cc1ccc(O)cc1)C(=O)O.N[C@@H](Cc1ccc(O)c(C=O)c1)C(=O)O.N[C@@H](Cc1ccc(O)cc1)C(=O)O. The Labute approximate surface area is 417 Å². The number of carbonyl (C=O) groups is 8. The van der Waals surface area contributed by atoms with Crippen LogP contribution in [0.2, 0.25) is 0 Å². The molecule has 0 fully saturated rings. The van der Waals surface area contributed by atoms with Gasteiger partial charge in [-0.15, -0.1) is 0 Å². The van der Waals surface area contributed by atoms with Gasteiger partial charge >= 0.3 is 36.1 Å². The van der Waals surface area contributed by atoms with Gasteiger partial charge in [0.1, 0.15) is 58.4 Å². The Morgan fingerprint density at radius 1 is 0.486 bits per heavy atom. The first-order valence-corrected chi connectivity index (χ1v) is 20.9. The highest BCUT2D eigenvalue weighted by atomic mass is 16.6. The summed E-state index contributed by atoms with van der Waals surface area (Å²) in [5.41, 5.74) is 12.0. The van der Waals surface area contributed by atoms with Crippen LogP contribution < -0.4 is 22.1 Å². The molecule has 0 aliphatic carbocycles. The average Bonchev–Trinajstić information content (AvgIpc) is 3.25. The van der Waals surface area contributed by atoms with Gasteiger partial charge in [0.05, 0.1) is 11.1 Å². The Morgan fingerprint density at radius 3 is 1.06 bits per heavy atom. The molecule has 4 aromatic rings. The van der Waals surface area contributed by atoms with E-state index in [2.05, 4.69) is 10.6 Å². The van der Waals surface area contributed by atoms with Crippen molar-refractivity contribution in [3.05, 3.63) is 118 Å². The Balaban J connectivity index is 0. The van der Waals surface area contributed by atoms with E-state index in [4.69, 9.17) is 46.5 Å². The summed E-state index contributed by atoms with van der Waals surface area (Å²) in [6, 6.07) is 16.7. The fourth-order valence-corrected chi connectivity index (χ4v) is 5.37. The first kappa shape index (κ1) is 65.8. The number of aliphatic carboxylic acids is 4. The van der Waals surface area contributed by atoms with E-state index in [1.807, 2.05) is 0 Å². The zero-order valence-corrected chi connectivity index (χ0v) is 39.2. The Hall–Kier alpha value is -8.24. The molecule has 0 aromatic heterocycles. The van der Waals surface area contributed by atoms with Gasteiger partial charge in [-0.1, -0.05) is 51.3 Å². The molecule has 14 N–H and O–H groups in total. The zero-order chi connectivity index (χ0) is 53.5. The van der Waals surface area contributed by atoms with Gasteiger partial charge in [0.2, 0.25) is 0 Å². The smallest absolute Gasteiger partial charge is 0.408 e. The topological polar surface area (TPSA) is 393 Å². The second-order valence-electron chi connectivity index (χ2n) is 17.1. The number of nitrogens with one attached hydrogen (secondary N) is 2. The van der Waals surface area contributed by atoms with Crippen LogP contribution in [0, 0.1) is 0 Å². The molecule has 0 saturated carbocycles. The number of hydrogen-bond acceptors (Lipinski definition) is 16. The maximum absolute atomic E-state index is 11.6. The van der Waals surface area contributed by atoms with Crippen molar-refractivity contribution in [3.63, 3.8) is 0 Å². The molecule has 4 atom stereocenters. The standard InChI is InChI=1S/C15H19NO6.C14H19NO5.C10H11NO4.C9H11NO3.2CH4/c1-15(2,3)22-14(21)16-11(13(19)20)7-9-4-5-12(18)10(6-9)8-17;1-14(2,3)20-13(19)15-11(12(17)18)8-9-4-6-10(16)7-5-9;11-8(10(14)15)4-6-1-2-9(13)7(3-6)5-12;10-8(9(12)13)5-6-1-3-7(11)4-2-6;;/h4-6,8,11,18H,7H2,1-3H3,(H,16,21)(H,19,20);4-7,11,16H,8H2,1-3H3,(H,15,19)(H,17,18);1-3,5,8,13H,4,11H2,(H,14,15);1-4,8,11H,5,10H2,(H,12,13);2*1H4/t2*11-;2*8-;;/m0000../s1.